The minimum atomic E-state index is -1.15. The Labute approximate surface area is 181 Å². The quantitative estimate of drug-likeness (QED) is 0.118. The molecule has 0 aromatic rings. The van der Waals surface area contributed by atoms with Crippen LogP contribution in [-0.2, 0) is 19.2 Å². The zero-order chi connectivity index (χ0) is 22.4. The molecule has 10 nitrogen and oxygen atoms in total. The van der Waals surface area contributed by atoms with Crippen molar-refractivity contribution in [1.29, 1.82) is 0 Å². The van der Waals surface area contributed by atoms with Crippen molar-refractivity contribution >= 4 is 48.1 Å². The fourth-order valence-corrected chi connectivity index (χ4v) is 2.93. The first-order valence-corrected chi connectivity index (χ1v) is 11.4. The standard InChI is InChI=1S/C17H33N5O5S2/c1-10(14(23)22-13(17(26)27)5-3-4-7-18)20-16(25)12(6-8-29-2)21-15(24)11(19)9-28/h10-13,28H,3-9,18-19H2,1-2H3,(H,20,25)(H,21,24)(H,22,23)(H,26,27). The van der Waals surface area contributed by atoms with Gasteiger partial charge in [-0.3, -0.25) is 14.4 Å². The zero-order valence-electron chi connectivity index (χ0n) is 16.8. The first-order chi connectivity index (χ1) is 13.7. The van der Waals surface area contributed by atoms with Gasteiger partial charge >= 0.3 is 5.97 Å². The van der Waals surface area contributed by atoms with E-state index in [0.29, 0.717) is 31.6 Å². The average Bonchev–Trinajstić information content (AvgIpc) is 2.68. The van der Waals surface area contributed by atoms with Crippen LogP contribution in [-0.4, -0.2) is 77.3 Å². The highest BCUT2D eigenvalue weighted by atomic mass is 32.2. The van der Waals surface area contributed by atoms with E-state index in [0.717, 1.165) is 0 Å². The van der Waals surface area contributed by atoms with Crippen molar-refractivity contribution in [3.63, 3.8) is 0 Å². The molecule has 0 spiro atoms. The van der Waals surface area contributed by atoms with Gasteiger partial charge in [-0.1, -0.05) is 0 Å². The van der Waals surface area contributed by atoms with E-state index < -0.39 is 47.9 Å². The molecule has 29 heavy (non-hydrogen) atoms. The Hall–Kier alpha value is -1.50. The number of amides is 3. The Bertz CT molecular complexity index is 552. The number of unbranched alkanes of at least 4 members (excludes halogenated alkanes) is 1. The summed E-state index contributed by atoms with van der Waals surface area (Å²) in [7, 11) is 0. The molecule has 0 aliphatic rings. The second-order valence-corrected chi connectivity index (χ2v) is 7.90. The number of rotatable bonds is 15. The minimum absolute atomic E-state index is 0.127. The van der Waals surface area contributed by atoms with Crippen LogP contribution in [0.1, 0.15) is 32.6 Å². The third kappa shape index (κ3) is 11.3. The monoisotopic (exact) mass is 451 g/mol. The number of carboxylic acids is 1. The van der Waals surface area contributed by atoms with Gasteiger partial charge in [0.1, 0.15) is 18.1 Å². The number of aliphatic carboxylic acids is 1. The number of carbonyl (C=O) groups excluding carboxylic acids is 3. The van der Waals surface area contributed by atoms with Crippen molar-refractivity contribution in [1.82, 2.24) is 16.0 Å². The van der Waals surface area contributed by atoms with E-state index in [9.17, 15) is 24.3 Å². The number of hydrogen-bond donors (Lipinski definition) is 7. The summed E-state index contributed by atoms with van der Waals surface area (Å²) in [5.74, 6) is -2.10. The molecular weight excluding hydrogens is 418 g/mol. The summed E-state index contributed by atoms with van der Waals surface area (Å²) >= 11 is 5.47. The molecule has 0 aliphatic heterocycles. The highest BCUT2D eigenvalue weighted by molar-refractivity contribution is 7.98. The van der Waals surface area contributed by atoms with Crippen LogP contribution in [0.4, 0.5) is 0 Å². The van der Waals surface area contributed by atoms with Crippen LogP contribution in [0.25, 0.3) is 0 Å². The molecule has 0 aromatic carbocycles. The van der Waals surface area contributed by atoms with Crippen LogP contribution in [0.3, 0.4) is 0 Å². The van der Waals surface area contributed by atoms with Gasteiger partial charge in [-0.2, -0.15) is 24.4 Å². The smallest absolute Gasteiger partial charge is 0.326 e. The van der Waals surface area contributed by atoms with Crippen molar-refractivity contribution in [3.05, 3.63) is 0 Å². The maximum Gasteiger partial charge on any atom is 0.326 e. The SMILES string of the molecule is CSCCC(NC(=O)C(N)CS)C(=O)NC(C)C(=O)NC(CCCCN)C(=O)O. The number of thioether (sulfide) groups is 1. The largest absolute Gasteiger partial charge is 0.480 e. The maximum absolute atomic E-state index is 12.5. The molecule has 0 bridgehead atoms. The molecule has 4 unspecified atom stereocenters. The second kappa shape index (κ2) is 15.4. The predicted molar refractivity (Wildman–Crippen MR) is 117 cm³/mol. The number of thiol groups is 1. The molecule has 0 heterocycles. The van der Waals surface area contributed by atoms with E-state index in [1.54, 1.807) is 0 Å². The van der Waals surface area contributed by atoms with Gasteiger partial charge in [0, 0.05) is 5.75 Å². The van der Waals surface area contributed by atoms with E-state index in [1.165, 1.54) is 18.7 Å². The first kappa shape index (κ1) is 27.5. The van der Waals surface area contributed by atoms with Gasteiger partial charge in [0.25, 0.3) is 0 Å². The maximum atomic E-state index is 12.5. The number of carboxylic acid groups (broad SMARTS) is 1. The third-order valence-corrected chi connectivity index (χ3v) is 5.13. The van der Waals surface area contributed by atoms with Gasteiger partial charge in [-0.25, -0.2) is 4.79 Å². The summed E-state index contributed by atoms with van der Waals surface area (Å²) < 4.78 is 0. The summed E-state index contributed by atoms with van der Waals surface area (Å²) in [6.07, 6.45) is 3.67. The molecule has 0 radical (unpaired) electrons. The van der Waals surface area contributed by atoms with Gasteiger partial charge in [-0.05, 0) is 51.2 Å². The predicted octanol–water partition coefficient (Wildman–Crippen LogP) is -1.32. The summed E-state index contributed by atoms with van der Waals surface area (Å²) in [5, 5.41) is 16.7. The Morgan fingerprint density at radius 1 is 1.00 bits per heavy atom. The third-order valence-electron chi connectivity index (χ3n) is 4.09. The van der Waals surface area contributed by atoms with Crippen molar-refractivity contribution < 1.29 is 24.3 Å². The van der Waals surface area contributed by atoms with Crippen LogP contribution in [0, 0.1) is 0 Å². The van der Waals surface area contributed by atoms with E-state index in [1.807, 2.05) is 6.26 Å². The van der Waals surface area contributed by atoms with Gasteiger partial charge in [0.15, 0.2) is 0 Å². The number of nitrogens with two attached hydrogens (primary N) is 2. The molecular formula is C17H33N5O5S2. The summed E-state index contributed by atoms with van der Waals surface area (Å²) in [6, 6.07) is -3.76. The van der Waals surface area contributed by atoms with Crippen molar-refractivity contribution in [2.45, 2.75) is 56.8 Å². The number of carbonyl (C=O) groups is 4. The van der Waals surface area contributed by atoms with Crippen LogP contribution in [0.5, 0.6) is 0 Å². The molecule has 3 amide bonds. The zero-order valence-corrected chi connectivity index (χ0v) is 18.6. The second-order valence-electron chi connectivity index (χ2n) is 6.55. The molecule has 4 atom stereocenters. The van der Waals surface area contributed by atoms with Crippen molar-refractivity contribution in [2.24, 2.45) is 11.5 Å². The first-order valence-electron chi connectivity index (χ1n) is 9.37. The van der Waals surface area contributed by atoms with Gasteiger partial charge in [0.05, 0.1) is 6.04 Å². The topological polar surface area (TPSA) is 177 Å². The van der Waals surface area contributed by atoms with Gasteiger partial charge in [-0.15, -0.1) is 0 Å². The lowest BCUT2D eigenvalue weighted by Gasteiger charge is -2.23. The van der Waals surface area contributed by atoms with Crippen LogP contribution in [0.15, 0.2) is 0 Å². The summed E-state index contributed by atoms with van der Waals surface area (Å²) in [4.78, 5) is 48.1. The van der Waals surface area contributed by atoms with Crippen molar-refractivity contribution in [2.75, 3.05) is 24.3 Å². The van der Waals surface area contributed by atoms with Crippen LogP contribution < -0.4 is 27.4 Å². The Morgan fingerprint density at radius 3 is 2.14 bits per heavy atom. The highest BCUT2D eigenvalue weighted by Gasteiger charge is 2.27. The fraction of sp³-hybridized carbons (Fsp3) is 0.765. The molecule has 0 saturated heterocycles. The summed E-state index contributed by atoms with van der Waals surface area (Å²) in [6.45, 7) is 1.88. The molecule has 0 fully saturated rings. The Kier molecular flexibility index (Phi) is 14.6. The normalized spacial score (nSPS) is 14.9. The Morgan fingerprint density at radius 2 is 1.62 bits per heavy atom. The van der Waals surface area contributed by atoms with E-state index in [2.05, 4.69) is 28.6 Å². The van der Waals surface area contributed by atoms with Crippen LogP contribution >= 0.6 is 24.4 Å². The lowest BCUT2D eigenvalue weighted by Crippen LogP contribution is -2.56. The molecule has 168 valence electrons. The molecule has 0 aromatic heterocycles. The lowest BCUT2D eigenvalue weighted by atomic mass is 10.1. The van der Waals surface area contributed by atoms with E-state index >= 15 is 0 Å². The minimum Gasteiger partial charge on any atom is -0.480 e. The molecule has 0 aliphatic carbocycles. The Balaban J connectivity index is 4.88. The molecule has 12 heteroatoms. The fourth-order valence-electron chi connectivity index (χ4n) is 2.29. The number of hydrogen-bond acceptors (Lipinski definition) is 8. The van der Waals surface area contributed by atoms with Crippen molar-refractivity contribution in [3.8, 4) is 0 Å². The van der Waals surface area contributed by atoms with Crippen LogP contribution in [0.2, 0.25) is 0 Å². The van der Waals surface area contributed by atoms with E-state index in [-0.39, 0.29) is 12.2 Å². The molecule has 0 saturated carbocycles. The molecule has 8 N–H and O–H groups in total. The highest BCUT2D eigenvalue weighted by Crippen LogP contribution is 2.04. The summed E-state index contributed by atoms with van der Waals surface area (Å²) in [5.41, 5.74) is 11.0. The van der Waals surface area contributed by atoms with E-state index in [4.69, 9.17) is 11.5 Å². The average molecular weight is 452 g/mol. The van der Waals surface area contributed by atoms with Gasteiger partial charge in [0.2, 0.25) is 17.7 Å². The number of nitrogens with one attached hydrogen (secondary N) is 3. The molecule has 0 rings (SSSR count). The van der Waals surface area contributed by atoms with Gasteiger partial charge < -0.3 is 32.5 Å². The lowest BCUT2D eigenvalue weighted by molar-refractivity contribution is -0.142.